The highest BCUT2D eigenvalue weighted by molar-refractivity contribution is 5.85. The van der Waals surface area contributed by atoms with Gasteiger partial charge >= 0.3 is 0 Å². The van der Waals surface area contributed by atoms with Crippen LogP contribution in [0.4, 0.5) is 0 Å². The van der Waals surface area contributed by atoms with E-state index in [4.69, 9.17) is 15.6 Å². The topological polar surface area (TPSA) is 75.7 Å². The third kappa shape index (κ3) is 5.22. The van der Waals surface area contributed by atoms with E-state index in [1.807, 2.05) is 30.3 Å². The largest absolute Gasteiger partial charge is 0.507 e. The summed E-state index contributed by atoms with van der Waals surface area (Å²) in [6.07, 6.45) is 1.25. The van der Waals surface area contributed by atoms with Crippen LogP contribution in [0.15, 0.2) is 48.5 Å². The molecule has 0 aliphatic carbocycles. The highest BCUT2D eigenvalue weighted by Gasteiger charge is 2.11. The van der Waals surface area contributed by atoms with Crippen LogP contribution in [0.2, 0.25) is 0 Å². The molecule has 0 unspecified atom stereocenters. The number of aromatic hydroxyl groups is 1. The lowest BCUT2D eigenvalue weighted by atomic mass is 10.0. The number of nitrogens with two attached hydrogens (primary N) is 1. The monoisotopic (exact) mass is 323 g/mol. The van der Waals surface area contributed by atoms with Gasteiger partial charge in [-0.05, 0) is 24.5 Å². The number of rotatable bonds is 7. The van der Waals surface area contributed by atoms with Crippen LogP contribution in [0.3, 0.4) is 0 Å². The van der Waals surface area contributed by atoms with Crippen molar-refractivity contribution in [1.82, 2.24) is 0 Å². The van der Waals surface area contributed by atoms with Gasteiger partial charge in [0.15, 0.2) is 0 Å². The highest BCUT2D eigenvalue weighted by Crippen LogP contribution is 2.29. The summed E-state index contributed by atoms with van der Waals surface area (Å²) in [4.78, 5) is 0. The van der Waals surface area contributed by atoms with Gasteiger partial charge in [0, 0.05) is 24.3 Å². The first-order chi connectivity index (χ1) is 10.2. The zero-order valence-electron chi connectivity index (χ0n) is 12.3. The van der Waals surface area contributed by atoms with Crippen molar-refractivity contribution in [2.24, 2.45) is 5.73 Å². The normalized spacial score (nSPS) is 11.5. The van der Waals surface area contributed by atoms with Crippen molar-refractivity contribution >= 4 is 12.4 Å². The molecule has 0 aromatic heterocycles. The minimum atomic E-state index is -0.277. The third-order valence-corrected chi connectivity index (χ3v) is 3.32. The molecule has 2 rings (SSSR count). The zero-order valence-corrected chi connectivity index (χ0v) is 13.1. The fourth-order valence-corrected chi connectivity index (χ4v) is 2.13. The van der Waals surface area contributed by atoms with Crippen LogP contribution in [0, 0.1) is 0 Å². The van der Waals surface area contributed by atoms with Gasteiger partial charge in [-0.25, -0.2) is 0 Å². The molecule has 4 nitrogen and oxygen atoms in total. The Labute approximate surface area is 137 Å². The van der Waals surface area contributed by atoms with Gasteiger partial charge in [0.2, 0.25) is 0 Å². The van der Waals surface area contributed by atoms with Gasteiger partial charge in [0.05, 0.1) is 0 Å². The van der Waals surface area contributed by atoms with E-state index in [0.29, 0.717) is 30.8 Å². The molecule has 0 saturated heterocycles. The van der Waals surface area contributed by atoms with Gasteiger partial charge in [-0.2, -0.15) is 0 Å². The number of halogens is 1. The van der Waals surface area contributed by atoms with E-state index >= 15 is 0 Å². The van der Waals surface area contributed by atoms with E-state index in [1.54, 1.807) is 18.2 Å². The second kappa shape index (κ2) is 9.30. The van der Waals surface area contributed by atoms with E-state index in [0.717, 1.165) is 5.56 Å². The Bertz CT molecular complexity index is 563. The molecule has 0 aliphatic heterocycles. The summed E-state index contributed by atoms with van der Waals surface area (Å²) < 4.78 is 5.65. The predicted octanol–water partition coefficient (Wildman–Crippen LogP) is 3.17. The lowest BCUT2D eigenvalue weighted by Crippen LogP contribution is -2.11. The summed E-state index contributed by atoms with van der Waals surface area (Å²) in [6, 6.07) is 14.7. The molecule has 0 amide bonds. The number of ether oxygens (including phenoxy) is 1. The predicted molar refractivity (Wildman–Crippen MR) is 89.4 cm³/mol. The fraction of sp³-hybridized carbons (Fsp3) is 0.294. The molecule has 22 heavy (non-hydrogen) atoms. The van der Waals surface area contributed by atoms with Crippen molar-refractivity contribution in [3.05, 3.63) is 59.7 Å². The summed E-state index contributed by atoms with van der Waals surface area (Å²) in [6.45, 7) is 0.558. The maximum atomic E-state index is 10.0. The summed E-state index contributed by atoms with van der Waals surface area (Å²) in [5.41, 5.74) is 7.73. The molecule has 2 aromatic rings. The molecule has 0 radical (unpaired) electrons. The molecule has 0 heterocycles. The van der Waals surface area contributed by atoms with Gasteiger partial charge in [0.25, 0.3) is 0 Å². The molecule has 1 atom stereocenters. The molecule has 0 spiro atoms. The van der Waals surface area contributed by atoms with Gasteiger partial charge in [-0.15, -0.1) is 12.4 Å². The van der Waals surface area contributed by atoms with Crippen molar-refractivity contribution < 1.29 is 14.9 Å². The number of benzene rings is 2. The second-order valence-corrected chi connectivity index (χ2v) is 4.97. The van der Waals surface area contributed by atoms with Crippen molar-refractivity contribution in [2.45, 2.75) is 25.5 Å². The summed E-state index contributed by atoms with van der Waals surface area (Å²) in [7, 11) is 0. The van der Waals surface area contributed by atoms with Gasteiger partial charge in [-0.3, -0.25) is 0 Å². The Kier molecular flexibility index (Phi) is 7.74. The van der Waals surface area contributed by atoms with E-state index < -0.39 is 0 Å². The molecule has 0 bridgehead atoms. The number of hydrogen-bond donors (Lipinski definition) is 3. The Morgan fingerprint density at radius 2 is 1.82 bits per heavy atom. The van der Waals surface area contributed by atoms with Gasteiger partial charge < -0.3 is 20.7 Å². The van der Waals surface area contributed by atoms with Crippen LogP contribution < -0.4 is 10.5 Å². The van der Waals surface area contributed by atoms with E-state index in [9.17, 15) is 5.11 Å². The fourth-order valence-electron chi connectivity index (χ4n) is 2.13. The number of aliphatic hydroxyl groups excluding tert-OH is 1. The first kappa shape index (κ1) is 18.3. The molecule has 0 fully saturated rings. The first-order valence-electron chi connectivity index (χ1n) is 7.07. The lowest BCUT2D eigenvalue weighted by molar-refractivity contribution is 0.279. The third-order valence-electron chi connectivity index (χ3n) is 3.32. The SMILES string of the molecule is Cl.N[C@@H](CCCO)c1ccc(OCc2ccccc2)cc1O. The van der Waals surface area contributed by atoms with Crippen LogP contribution >= 0.6 is 12.4 Å². The number of aliphatic hydroxyl groups is 1. The van der Waals surface area contributed by atoms with Crippen LogP contribution in [0.25, 0.3) is 0 Å². The average Bonchev–Trinajstić information content (AvgIpc) is 2.51. The molecule has 5 heteroatoms. The average molecular weight is 324 g/mol. The van der Waals surface area contributed by atoms with Crippen molar-refractivity contribution in [1.29, 1.82) is 0 Å². The quantitative estimate of drug-likeness (QED) is 0.731. The summed E-state index contributed by atoms with van der Waals surface area (Å²) in [5.74, 6) is 0.737. The van der Waals surface area contributed by atoms with Crippen LogP contribution in [-0.4, -0.2) is 16.8 Å². The Balaban J connectivity index is 0.00000242. The smallest absolute Gasteiger partial charge is 0.124 e. The Morgan fingerprint density at radius 3 is 2.45 bits per heavy atom. The minimum Gasteiger partial charge on any atom is -0.507 e. The van der Waals surface area contributed by atoms with Crippen molar-refractivity contribution in [3.8, 4) is 11.5 Å². The van der Waals surface area contributed by atoms with Crippen LogP contribution in [0.5, 0.6) is 11.5 Å². The summed E-state index contributed by atoms with van der Waals surface area (Å²) in [5, 5.41) is 18.9. The number of phenolic OH excluding ortho intramolecular Hbond substituents is 1. The maximum Gasteiger partial charge on any atom is 0.124 e. The van der Waals surface area contributed by atoms with Crippen molar-refractivity contribution in [3.63, 3.8) is 0 Å². The Morgan fingerprint density at radius 1 is 1.09 bits per heavy atom. The van der Waals surface area contributed by atoms with E-state index in [-0.39, 0.29) is 30.8 Å². The van der Waals surface area contributed by atoms with Gasteiger partial charge in [-0.1, -0.05) is 36.4 Å². The molecule has 4 N–H and O–H groups in total. The van der Waals surface area contributed by atoms with E-state index in [2.05, 4.69) is 0 Å². The second-order valence-electron chi connectivity index (χ2n) is 4.97. The molecule has 120 valence electrons. The highest BCUT2D eigenvalue weighted by atomic mass is 35.5. The molecular formula is C17H22ClNO3. The maximum absolute atomic E-state index is 10.0. The minimum absolute atomic E-state index is 0. The first-order valence-corrected chi connectivity index (χ1v) is 7.07. The molecular weight excluding hydrogens is 302 g/mol. The zero-order chi connectivity index (χ0) is 15.1. The number of hydrogen-bond acceptors (Lipinski definition) is 4. The standard InChI is InChI=1S/C17H21NO3.ClH/c18-16(7-4-10-19)15-9-8-14(11-17(15)20)21-12-13-5-2-1-3-6-13;/h1-3,5-6,8-9,11,16,19-20H,4,7,10,12,18H2;1H/t16-;/m0./s1. The summed E-state index contributed by atoms with van der Waals surface area (Å²) >= 11 is 0. The van der Waals surface area contributed by atoms with Crippen molar-refractivity contribution in [2.75, 3.05) is 6.61 Å². The van der Waals surface area contributed by atoms with E-state index in [1.165, 1.54) is 0 Å². The molecule has 2 aromatic carbocycles. The van der Waals surface area contributed by atoms with Crippen LogP contribution in [0.1, 0.15) is 30.0 Å². The van der Waals surface area contributed by atoms with Gasteiger partial charge in [0.1, 0.15) is 18.1 Å². The Hall–Kier alpha value is -1.75. The lowest BCUT2D eigenvalue weighted by Gasteiger charge is -2.14. The molecule has 0 saturated carbocycles. The van der Waals surface area contributed by atoms with Crippen LogP contribution in [-0.2, 0) is 6.61 Å². The molecule has 0 aliphatic rings. The number of phenols is 1.